The van der Waals surface area contributed by atoms with E-state index in [1.54, 1.807) is 17.0 Å². The Hall–Kier alpha value is -1.36. The first-order valence-corrected chi connectivity index (χ1v) is 6.72. The average molecular weight is 251 g/mol. The van der Waals surface area contributed by atoms with Gasteiger partial charge in [0, 0.05) is 32.1 Å². The summed E-state index contributed by atoms with van der Waals surface area (Å²) in [4.78, 5) is 16.1. The molecule has 18 heavy (non-hydrogen) atoms. The monoisotopic (exact) mass is 251 g/mol. The van der Waals surface area contributed by atoms with E-state index in [1.807, 2.05) is 0 Å². The van der Waals surface area contributed by atoms with E-state index < -0.39 is 0 Å². The van der Waals surface area contributed by atoms with Crippen LogP contribution in [0.2, 0.25) is 0 Å². The van der Waals surface area contributed by atoms with Crippen molar-refractivity contribution in [2.24, 2.45) is 0 Å². The van der Waals surface area contributed by atoms with Crippen LogP contribution in [0.5, 0.6) is 0 Å². The maximum atomic E-state index is 12.0. The molecular formula is C13H21N3O2. The van der Waals surface area contributed by atoms with Crippen LogP contribution in [0.3, 0.4) is 0 Å². The number of anilines is 1. The topological polar surface area (TPSA) is 56.1 Å². The highest BCUT2D eigenvalue weighted by Gasteiger charge is 2.15. The predicted octanol–water partition coefficient (Wildman–Crippen LogP) is 1.63. The van der Waals surface area contributed by atoms with Crippen LogP contribution < -0.4 is 10.9 Å². The zero-order valence-corrected chi connectivity index (χ0v) is 10.9. The lowest BCUT2D eigenvalue weighted by Crippen LogP contribution is -2.25. The largest absolute Gasteiger partial charge is 0.378 e. The average Bonchev–Trinajstić information content (AvgIpc) is 2.87. The SMILES string of the molecule is CCCn1ccnc(NCCC2CCCO2)c1=O. The molecule has 1 aromatic rings. The molecule has 1 aromatic heterocycles. The second-order valence-corrected chi connectivity index (χ2v) is 4.62. The molecule has 100 valence electrons. The molecule has 0 aromatic carbocycles. The van der Waals surface area contributed by atoms with Crippen molar-refractivity contribution >= 4 is 5.82 Å². The van der Waals surface area contributed by atoms with Crippen LogP contribution in [0.25, 0.3) is 0 Å². The Labute approximate surface area is 107 Å². The molecule has 5 heteroatoms. The molecule has 1 aliphatic rings. The van der Waals surface area contributed by atoms with Crippen LogP contribution in [-0.4, -0.2) is 28.8 Å². The van der Waals surface area contributed by atoms with Crippen molar-refractivity contribution in [3.8, 4) is 0 Å². The third-order valence-electron chi connectivity index (χ3n) is 3.16. The maximum absolute atomic E-state index is 12.0. The summed E-state index contributed by atoms with van der Waals surface area (Å²) in [6.45, 7) is 4.40. The zero-order chi connectivity index (χ0) is 12.8. The molecule has 1 saturated heterocycles. The van der Waals surface area contributed by atoms with E-state index in [4.69, 9.17) is 4.74 Å². The fourth-order valence-corrected chi connectivity index (χ4v) is 2.21. The van der Waals surface area contributed by atoms with Crippen LogP contribution in [-0.2, 0) is 11.3 Å². The molecule has 0 radical (unpaired) electrons. The van der Waals surface area contributed by atoms with Gasteiger partial charge in [0.15, 0.2) is 5.82 Å². The zero-order valence-electron chi connectivity index (χ0n) is 10.9. The van der Waals surface area contributed by atoms with Crippen molar-refractivity contribution in [3.05, 3.63) is 22.7 Å². The summed E-state index contributed by atoms with van der Waals surface area (Å²) in [5, 5.41) is 3.11. The predicted molar refractivity (Wildman–Crippen MR) is 70.9 cm³/mol. The standard InChI is InChI=1S/C13H21N3O2/c1-2-8-16-9-7-15-12(13(16)17)14-6-5-11-4-3-10-18-11/h7,9,11H,2-6,8,10H2,1H3,(H,14,15). The molecule has 2 heterocycles. The molecule has 0 saturated carbocycles. The second-order valence-electron chi connectivity index (χ2n) is 4.62. The quantitative estimate of drug-likeness (QED) is 0.835. The molecule has 1 aliphatic heterocycles. The molecule has 1 N–H and O–H groups in total. The molecule has 5 nitrogen and oxygen atoms in total. The fourth-order valence-electron chi connectivity index (χ4n) is 2.21. The summed E-state index contributed by atoms with van der Waals surface area (Å²) in [7, 11) is 0. The van der Waals surface area contributed by atoms with Gasteiger partial charge >= 0.3 is 0 Å². The Morgan fingerprint density at radius 3 is 3.22 bits per heavy atom. The van der Waals surface area contributed by atoms with Crippen LogP contribution in [0.4, 0.5) is 5.82 Å². The molecule has 0 bridgehead atoms. The number of nitrogens with one attached hydrogen (secondary N) is 1. The molecule has 2 rings (SSSR count). The summed E-state index contributed by atoms with van der Waals surface area (Å²) < 4.78 is 7.24. The maximum Gasteiger partial charge on any atom is 0.293 e. The van der Waals surface area contributed by atoms with E-state index in [0.29, 0.717) is 11.9 Å². The van der Waals surface area contributed by atoms with Gasteiger partial charge in [-0.3, -0.25) is 4.79 Å². The van der Waals surface area contributed by atoms with E-state index in [2.05, 4.69) is 17.2 Å². The Morgan fingerprint density at radius 2 is 2.50 bits per heavy atom. The lowest BCUT2D eigenvalue weighted by atomic mass is 10.2. The second kappa shape index (κ2) is 6.54. The van der Waals surface area contributed by atoms with Crippen molar-refractivity contribution < 1.29 is 4.74 Å². The van der Waals surface area contributed by atoms with Gasteiger partial charge in [-0.05, 0) is 25.7 Å². The van der Waals surface area contributed by atoms with E-state index in [9.17, 15) is 4.79 Å². The van der Waals surface area contributed by atoms with Gasteiger partial charge in [0.25, 0.3) is 5.56 Å². The Bertz CT molecular complexity index is 424. The molecule has 1 unspecified atom stereocenters. The first kappa shape index (κ1) is 13.1. The minimum atomic E-state index is -0.0355. The number of aromatic nitrogens is 2. The number of nitrogens with zero attached hydrogens (tertiary/aromatic N) is 2. The number of hydrogen-bond donors (Lipinski definition) is 1. The van der Waals surface area contributed by atoms with Crippen LogP contribution in [0.1, 0.15) is 32.6 Å². The Balaban J connectivity index is 1.88. The van der Waals surface area contributed by atoms with Gasteiger partial charge in [0.2, 0.25) is 0 Å². The number of ether oxygens (including phenoxy) is 1. The van der Waals surface area contributed by atoms with Crippen LogP contribution in [0.15, 0.2) is 17.2 Å². The summed E-state index contributed by atoms with van der Waals surface area (Å²) >= 11 is 0. The summed E-state index contributed by atoms with van der Waals surface area (Å²) in [6.07, 6.45) is 7.91. The molecule has 0 amide bonds. The fraction of sp³-hybridized carbons (Fsp3) is 0.692. The third kappa shape index (κ3) is 3.32. The molecule has 0 aliphatic carbocycles. The van der Waals surface area contributed by atoms with Crippen LogP contribution >= 0.6 is 0 Å². The van der Waals surface area contributed by atoms with Crippen molar-refractivity contribution in [1.29, 1.82) is 0 Å². The molecular weight excluding hydrogens is 230 g/mol. The molecule has 0 spiro atoms. The van der Waals surface area contributed by atoms with Gasteiger partial charge in [-0.2, -0.15) is 0 Å². The first-order valence-electron chi connectivity index (χ1n) is 6.72. The van der Waals surface area contributed by atoms with E-state index in [0.717, 1.165) is 45.4 Å². The highest BCUT2D eigenvalue weighted by atomic mass is 16.5. The summed E-state index contributed by atoms with van der Waals surface area (Å²) in [5.74, 6) is 0.448. The summed E-state index contributed by atoms with van der Waals surface area (Å²) in [5.41, 5.74) is -0.0355. The minimum absolute atomic E-state index is 0.0355. The lowest BCUT2D eigenvalue weighted by Gasteiger charge is -2.11. The number of hydrogen-bond acceptors (Lipinski definition) is 4. The normalized spacial score (nSPS) is 19.1. The van der Waals surface area contributed by atoms with Crippen molar-refractivity contribution in [2.75, 3.05) is 18.5 Å². The minimum Gasteiger partial charge on any atom is -0.378 e. The van der Waals surface area contributed by atoms with E-state index in [-0.39, 0.29) is 5.56 Å². The number of aryl methyl sites for hydroxylation is 1. The van der Waals surface area contributed by atoms with Crippen molar-refractivity contribution in [1.82, 2.24) is 9.55 Å². The highest BCUT2D eigenvalue weighted by Crippen LogP contribution is 2.14. The van der Waals surface area contributed by atoms with Gasteiger partial charge in [-0.15, -0.1) is 0 Å². The smallest absolute Gasteiger partial charge is 0.293 e. The van der Waals surface area contributed by atoms with Crippen molar-refractivity contribution in [2.45, 2.75) is 45.3 Å². The van der Waals surface area contributed by atoms with E-state index in [1.165, 1.54) is 0 Å². The van der Waals surface area contributed by atoms with Gasteiger partial charge in [-0.1, -0.05) is 6.92 Å². The van der Waals surface area contributed by atoms with Crippen molar-refractivity contribution in [3.63, 3.8) is 0 Å². The first-order chi connectivity index (χ1) is 8.81. The molecule has 1 atom stereocenters. The molecule has 1 fully saturated rings. The van der Waals surface area contributed by atoms with Gasteiger partial charge < -0.3 is 14.6 Å². The Morgan fingerprint density at radius 1 is 1.61 bits per heavy atom. The highest BCUT2D eigenvalue weighted by molar-refractivity contribution is 5.30. The van der Waals surface area contributed by atoms with E-state index >= 15 is 0 Å². The van der Waals surface area contributed by atoms with Crippen LogP contribution in [0, 0.1) is 0 Å². The number of rotatable bonds is 6. The van der Waals surface area contributed by atoms with Gasteiger partial charge in [0.1, 0.15) is 0 Å². The van der Waals surface area contributed by atoms with Gasteiger partial charge in [-0.25, -0.2) is 4.98 Å². The van der Waals surface area contributed by atoms with Gasteiger partial charge in [0.05, 0.1) is 6.10 Å². The Kier molecular flexibility index (Phi) is 4.75. The summed E-state index contributed by atoms with van der Waals surface area (Å²) in [6, 6.07) is 0. The lowest BCUT2D eigenvalue weighted by molar-refractivity contribution is 0.107. The third-order valence-corrected chi connectivity index (χ3v) is 3.16.